The van der Waals surface area contributed by atoms with Gasteiger partial charge >= 0.3 is 11.7 Å². The largest absolute Gasteiger partial charge is 0.459 e. The summed E-state index contributed by atoms with van der Waals surface area (Å²) in [6, 6.07) is 0.114. The maximum absolute atomic E-state index is 11.7. The van der Waals surface area contributed by atoms with Crippen LogP contribution < -0.4 is 21.0 Å². The molecule has 8 nitrogen and oxygen atoms in total. The van der Waals surface area contributed by atoms with Crippen LogP contribution in [0.4, 0.5) is 5.82 Å². The van der Waals surface area contributed by atoms with Gasteiger partial charge in [0.05, 0.1) is 0 Å². The Hall–Kier alpha value is -2.51. The number of hydrogen-bond acceptors (Lipinski definition) is 6. The van der Waals surface area contributed by atoms with E-state index in [9.17, 15) is 4.79 Å². The van der Waals surface area contributed by atoms with Gasteiger partial charge in [-0.25, -0.2) is 4.79 Å². The van der Waals surface area contributed by atoms with Crippen LogP contribution in [0, 0.1) is 0 Å². The van der Waals surface area contributed by atoms with Crippen LogP contribution in [0.5, 0.6) is 6.01 Å². The number of nitrogens with two attached hydrogens (primary N) is 1. The highest BCUT2D eigenvalue weighted by Gasteiger charge is 2.15. The standard InChI is InChI=1S/C10H11N5O3/c11-7-6-8-14-9(13-7)17-4-2-1-3-5-18-15(8)10(16)12-6/h1-2H,3-5H2,(H,12,16)(H2,11,13,14)/b2-1-. The van der Waals surface area contributed by atoms with Crippen molar-refractivity contribution in [3.8, 4) is 6.01 Å². The van der Waals surface area contributed by atoms with Gasteiger partial charge in [0, 0.05) is 6.42 Å². The molecule has 2 aromatic heterocycles. The Morgan fingerprint density at radius 3 is 3.17 bits per heavy atom. The van der Waals surface area contributed by atoms with Crippen molar-refractivity contribution in [2.45, 2.75) is 6.42 Å². The normalized spacial score (nSPS) is 16.9. The Morgan fingerprint density at radius 1 is 1.39 bits per heavy atom. The van der Waals surface area contributed by atoms with Crippen molar-refractivity contribution in [1.82, 2.24) is 19.7 Å². The number of ether oxygens (including phenoxy) is 1. The number of nitrogens with one attached hydrogen (secondary N) is 1. The molecule has 0 atom stereocenters. The molecule has 0 saturated carbocycles. The third-order valence-electron chi connectivity index (χ3n) is 2.49. The van der Waals surface area contributed by atoms with Crippen LogP contribution in [0.15, 0.2) is 16.9 Å². The molecule has 0 fully saturated rings. The smallest absolute Gasteiger partial charge is 0.361 e. The molecule has 94 valence electrons. The molecule has 0 radical (unpaired) electrons. The number of hydrogen-bond donors (Lipinski definition) is 2. The van der Waals surface area contributed by atoms with Gasteiger partial charge in [0.15, 0.2) is 5.82 Å². The Balaban J connectivity index is 2.23. The van der Waals surface area contributed by atoms with Crippen LogP contribution in [-0.4, -0.2) is 32.9 Å². The molecule has 0 spiro atoms. The van der Waals surface area contributed by atoms with E-state index >= 15 is 0 Å². The molecular formula is C10H11N5O3. The van der Waals surface area contributed by atoms with E-state index in [1.807, 2.05) is 12.2 Å². The second-order valence-corrected chi connectivity index (χ2v) is 3.72. The minimum atomic E-state index is -0.439. The first-order valence-electron chi connectivity index (χ1n) is 5.45. The van der Waals surface area contributed by atoms with Crippen molar-refractivity contribution < 1.29 is 9.57 Å². The van der Waals surface area contributed by atoms with E-state index in [0.29, 0.717) is 25.2 Å². The lowest BCUT2D eigenvalue weighted by Crippen LogP contribution is -2.25. The zero-order chi connectivity index (χ0) is 12.5. The van der Waals surface area contributed by atoms with Crippen LogP contribution in [0.2, 0.25) is 0 Å². The third-order valence-corrected chi connectivity index (χ3v) is 2.49. The van der Waals surface area contributed by atoms with Gasteiger partial charge in [-0.2, -0.15) is 9.97 Å². The van der Waals surface area contributed by atoms with E-state index in [1.165, 1.54) is 0 Å². The minimum Gasteiger partial charge on any atom is -0.459 e. The van der Waals surface area contributed by atoms with E-state index in [-0.39, 0.29) is 17.5 Å². The van der Waals surface area contributed by atoms with Crippen LogP contribution >= 0.6 is 0 Å². The number of nitrogens with zero attached hydrogens (tertiary/aromatic N) is 3. The van der Waals surface area contributed by atoms with Gasteiger partial charge in [0.25, 0.3) is 0 Å². The second-order valence-electron chi connectivity index (χ2n) is 3.72. The highest BCUT2D eigenvalue weighted by molar-refractivity contribution is 5.81. The molecule has 0 saturated heterocycles. The highest BCUT2D eigenvalue weighted by atomic mass is 16.7. The predicted molar refractivity (Wildman–Crippen MR) is 63.3 cm³/mol. The summed E-state index contributed by atoms with van der Waals surface area (Å²) >= 11 is 0. The summed E-state index contributed by atoms with van der Waals surface area (Å²) in [7, 11) is 0. The lowest BCUT2D eigenvalue weighted by molar-refractivity contribution is 0.114. The average molecular weight is 249 g/mol. The Labute approximate surface area is 101 Å². The van der Waals surface area contributed by atoms with E-state index in [4.69, 9.17) is 15.3 Å². The van der Waals surface area contributed by atoms with E-state index in [1.54, 1.807) is 0 Å². The summed E-state index contributed by atoms with van der Waals surface area (Å²) in [5.41, 5.74) is 5.92. The van der Waals surface area contributed by atoms with Gasteiger partial charge in [0.2, 0.25) is 5.65 Å². The van der Waals surface area contributed by atoms with Crippen LogP contribution in [0.25, 0.3) is 11.2 Å². The summed E-state index contributed by atoms with van der Waals surface area (Å²) in [6.07, 6.45) is 4.39. The van der Waals surface area contributed by atoms with Gasteiger partial charge in [-0.1, -0.05) is 12.2 Å². The SMILES string of the molecule is Nc1nc2nc3c1[nH]c(=O)n3OCC/C=C\CO2. The van der Waals surface area contributed by atoms with Crippen molar-refractivity contribution in [2.75, 3.05) is 18.9 Å². The number of imidazole rings is 1. The molecule has 0 aromatic carbocycles. The fraction of sp³-hybridized carbons (Fsp3) is 0.300. The predicted octanol–water partition coefficient (Wildman–Crippen LogP) is -0.531. The first-order chi connectivity index (χ1) is 8.75. The lowest BCUT2D eigenvalue weighted by atomic mass is 10.4. The zero-order valence-electron chi connectivity index (χ0n) is 9.42. The second kappa shape index (κ2) is 4.06. The zero-order valence-corrected chi connectivity index (χ0v) is 9.42. The number of aromatic amines is 1. The average Bonchev–Trinajstić information content (AvgIpc) is 2.64. The monoisotopic (exact) mass is 249 g/mol. The molecule has 3 rings (SSSR count). The molecule has 18 heavy (non-hydrogen) atoms. The molecule has 3 N–H and O–H groups in total. The van der Waals surface area contributed by atoms with Crippen LogP contribution in [0.1, 0.15) is 6.42 Å². The van der Waals surface area contributed by atoms with Gasteiger partial charge in [-0.3, -0.25) is 4.98 Å². The molecule has 0 aliphatic carbocycles. The molecule has 0 amide bonds. The molecule has 2 aromatic rings. The highest BCUT2D eigenvalue weighted by Crippen LogP contribution is 2.17. The molecule has 1 aliphatic rings. The Morgan fingerprint density at radius 2 is 2.28 bits per heavy atom. The van der Waals surface area contributed by atoms with Gasteiger partial charge in [0.1, 0.15) is 18.7 Å². The van der Waals surface area contributed by atoms with Crippen LogP contribution in [0.3, 0.4) is 0 Å². The van der Waals surface area contributed by atoms with Crippen molar-refractivity contribution in [3.05, 3.63) is 22.6 Å². The number of rotatable bonds is 0. The van der Waals surface area contributed by atoms with Crippen molar-refractivity contribution in [2.24, 2.45) is 0 Å². The number of anilines is 1. The number of aromatic nitrogens is 4. The van der Waals surface area contributed by atoms with E-state index < -0.39 is 5.69 Å². The maximum atomic E-state index is 11.7. The molecule has 2 bridgehead atoms. The Bertz CT molecular complexity index is 672. The first-order valence-corrected chi connectivity index (χ1v) is 5.45. The van der Waals surface area contributed by atoms with Crippen LogP contribution in [-0.2, 0) is 0 Å². The maximum Gasteiger partial charge on any atom is 0.361 e. The fourth-order valence-electron chi connectivity index (χ4n) is 1.67. The Kier molecular flexibility index (Phi) is 2.40. The summed E-state index contributed by atoms with van der Waals surface area (Å²) in [5, 5.41) is 0. The van der Waals surface area contributed by atoms with E-state index in [2.05, 4.69) is 15.0 Å². The van der Waals surface area contributed by atoms with Gasteiger partial charge in [-0.05, 0) is 0 Å². The quantitative estimate of drug-likeness (QED) is 0.607. The summed E-state index contributed by atoms with van der Waals surface area (Å²) in [4.78, 5) is 27.7. The lowest BCUT2D eigenvalue weighted by Gasteiger charge is -2.04. The first kappa shape index (κ1) is 10.6. The van der Waals surface area contributed by atoms with Crippen molar-refractivity contribution >= 4 is 17.0 Å². The van der Waals surface area contributed by atoms with Crippen molar-refractivity contribution in [1.29, 1.82) is 0 Å². The van der Waals surface area contributed by atoms with E-state index in [0.717, 1.165) is 4.73 Å². The molecule has 1 aliphatic heterocycles. The molecule has 3 heterocycles. The number of H-pyrrole nitrogens is 1. The molecule has 8 heteroatoms. The summed E-state index contributed by atoms with van der Waals surface area (Å²) in [6.45, 7) is 0.711. The number of fused-ring (bicyclic) bond motifs is 1. The van der Waals surface area contributed by atoms with Gasteiger partial charge < -0.3 is 15.3 Å². The number of nitrogen functional groups attached to an aromatic ring is 1. The minimum absolute atomic E-state index is 0.114. The van der Waals surface area contributed by atoms with Crippen molar-refractivity contribution in [3.63, 3.8) is 0 Å². The summed E-state index contributed by atoms with van der Waals surface area (Å²) in [5.74, 6) is 0.151. The third kappa shape index (κ3) is 1.67. The fourth-order valence-corrected chi connectivity index (χ4v) is 1.67. The topological polar surface area (TPSA) is 108 Å². The van der Waals surface area contributed by atoms with Gasteiger partial charge in [-0.15, -0.1) is 4.73 Å². The molecule has 0 unspecified atom stereocenters. The summed E-state index contributed by atoms with van der Waals surface area (Å²) < 4.78 is 6.38. The molecular weight excluding hydrogens is 238 g/mol.